The number of benzene rings is 1. The summed E-state index contributed by atoms with van der Waals surface area (Å²) in [5, 5.41) is 4.16. The standard InChI is InChI=1S/C15H13BrN4O3/c1-3-6-23-15(22)14(18-19-17)12-8-20(9(2)21)13-7-10(16)4-5-11(12)13/h3-5,7-8,14H,1,6H2,2H3. The van der Waals surface area contributed by atoms with Crippen molar-refractivity contribution in [2.45, 2.75) is 13.0 Å². The number of aromatic nitrogens is 1. The topological polar surface area (TPSA) is 97.1 Å². The van der Waals surface area contributed by atoms with E-state index in [4.69, 9.17) is 10.3 Å². The van der Waals surface area contributed by atoms with E-state index >= 15 is 0 Å². The van der Waals surface area contributed by atoms with Gasteiger partial charge in [0, 0.05) is 27.9 Å². The Balaban J connectivity index is 2.63. The number of hydrogen-bond donors (Lipinski definition) is 0. The summed E-state index contributed by atoms with van der Waals surface area (Å²) in [7, 11) is 0. The molecule has 0 aliphatic rings. The second-order valence-corrected chi connectivity index (χ2v) is 5.58. The summed E-state index contributed by atoms with van der Waals surface area (Å²) in [6.45, 7) is 4.88. The van der Waals surface area contributed by atoms with E-state index in [0.717, 1.165) is 4.47 Å². The third-order valence-corrected chi connectivity index (χ3v) is 3.66. The van der Waals surface area contributed by atoms with Crippen molar-refractivity contribution in [2.24, 2.45) is 5.11 Å². The third-order valence-electron chi connectivity index (χ3n) is 3.17. The maximum atomic E-state index is 12.1. The predicted molar refractivity (Wildman–Crippen MR) is 89.0 cm³/mol. The number of carbonyl (C=O) groups is 2. The average molecular weight is 377 g/mol. The molecule has 1 aromatic heterocycles. The summed E-state index contributed by atoms with van der Waals surface area (Å²) >= 11 is 3.35. The summed E-state index contributed by atoms with van der Waals surface area (Å²) in [4.78, 5) is 26.7. The molecule has 0 N–H and O–H groups in total. The molecule has 0 aliphatic heterocycles. The van der Waals surface area contributed by atoms with Crippen LogP contribution in [0.3, 0.4) is 0 Å². The Hall–Kier alpha value is -2.57. The fourth-order valence-electron chi connectivity index (χ4n) is 2.21. The van der Waals surface area contributed by atoms with E-state index < -0.39 is 12.0 Å². The molecule has 1 atom stereocenters. The lowest BCUT2D eigenvalue weighted by molar-refractivity contribution is -0.144. The zero-order valence-electron chi connectivity index (χ0n) is 12.3. The highest BCUT2D eigenvalue weighted by molar-refractivity contribution is 9.10. The minimum atomic E-state index is -1.18. The molecular weight excluding hydrogens is 364 g/mol. The number of esters is 1. The van der Waals surface area contributed by atoms with E-state index in [1.54, 1.807) is 18.2 Å². The molecule has 0 fully saturated rings. The van der Waals surface area contributed by atoms with E-state index in [9.17, 15) is 9.59 Å². The molecule has 0 radical (unpaired) electrons. The van der Waals surface area contributed by atoms with Crippen LogP contribution in [0.1, 0.15) is 23.3 Å². The third kappa shape index (κ3) is 3.44. The Morgan fingerprint density at radius 2 is 2.30 bits per heavy atom. The van der Waals surface area contributed by atoms with E-state index in [1.807, 2.05) is 0 Å². The Morgan fingerprint density at radius 3 is 2.91 bits per heavy atom. The SMILES string of the molecule is C=CCOC(=O)C(N=[N+]=[N-])c1cn(C(C)=O)c2cc(Br)ccc12. The quantitative estimate of drug-likeness (QED) is 0.257. The maximum absolute atomic E-state index is 12.1. The van der Waals surface area contributed by atoms with Crippen LogP contribution in [-0.4, -0.2) is 23.1 Å². The highest BCUT2D eigenvalue weighted by atomic mass is 79.9. The zero-order valence-corrected chi connectivity index (χ0v) is 13.9. The molecule has 1 aromatic carbocycles. The van der Waals surface area contributed by atoms with Gasteiger partial charge >= 0.3 is 5.97 Å². The van der Waals surface area contributed by atoms with Crippen LogP contribution in [0.2, 0.25) is 0 Å². The molecule has 2 aromatic rings. The van der Waals surface area contributed by atoms with E-state index in [1.165, 1.54) is 23.8 Å². The van der Waals surface area contributed by atoms with Gasteiger partial charge in [-0.3, -0.25) is 14.2 Å². The highest BCUT2D eigenvalue weighted by Crippen LogP contribution is 2.31. The smallest absolute Gasteiger partial charge is 0.319 e. The number of hydrogen-bond acceptors (Lipinski definition) is 4. The molecular formula is C15H13BrN4O3. The second kappa shape index (κ2) is 7.13. The van der Waals surface area contributed by atoms with Gasteiger partial charge in [0.1, 0.15) is 6.61 Å². The van der Waals surface area contributed by atoms with Crippen molar-refractivity contribution < 1.29 is 14.3 Å². The molecule has 8 heteroatoms. The number of halogens is 1. The molecule has 2 rings (SSSR count). The zero-order chi connectivity index (χ0) is 17.0. The van der Waals surface area contributed by atoms with Gasteiger partial charge in [0.15, 0.2) is 6.04 Å². The summed E-state index contributed by atoms with van der Waals surface area (Å²) in [5.74, 6) is -0.924. The lowest BCUT2D eigenvalue weighted by Gasteiger charge is -2.09. The predicted octanol–water partition coefficient (Wildman–Crippen LogP) is 4.14. The van der Waals surface area contributed by atoms with E-state index in [-0.39, 0.29) is 12.5 Å². The molecule has 0 amide bonds. The first-order chi connectivity index (χ1) is 11.0. The van der Waals surface area contributed by atoms with Crippen LogP contribution in [0.25, 0.3) is 21.3 Å². The van der Waals surface area contributed by atoms with Gasteiger partial charge in [0.05, 0.1) is 5.52 Å². The number of rotatable bonds is 5. The Morgan fingerprint density at radius 1 is 1.57 bits per heavy atom. The van der Waals surface area contributed by atoms with Gasteiger partial charge in [-0.2, -0.15) is 0 Å². The molecule has 118 valence electrons. The van der Waals surface area contributed by atoms with Crippen molar-refractivity contribution in [1.82, 2.24) is 4.57 Å². The van der Waals surface area contributed by atoms with Crippen molar-refractivity contribution >= 4 is 38.7 Å². The van der Waals surface area contributed by atoms with Crippen LogP contribution in [0.4, 0.5) is 0 Å². The van der Waals surface area contributed by atoms with E-state index in [2.05, 4.69) is 32.5 Å². The van der Waals surface area contributed by atoms with Crippen molar-refractivity contribution in [2.75, 3.05) is 6.61 Å². The molecule has 0 bridgehead atoms. The van der Waals surface area contributed by atoms with Crippen LogP contribution in [0.5, 0.6) is 0 Å². The Labute approximate surface area is 140 Å². The minimum absolute atomic E-state index is 0.00712. The summed E-state index contributed by atoms with van der Waals surface area (Å²) in [5.41, 5.74) is 9.77. The minimum Gasteiger partial charge on any atom is -0.461 e. The molecule has 0 saturated heterocycles. The van der Waals surface area contributed by atoms with Crippen molar-refractivity contribution in [3.8, 4) is 0 Å². The lowest BCUT2D eigenvalue weighted by Crippen LogP contribution is -2.14. The number of carbonyl (C=O) groups excluding carboxylic acids is 2. The van der Waals surface area contributed by atoms with E-state index in [0.29, 0.717) is 16.5 Å². The summed E-state index contributed by atoms with van der Waals surface area (Å²) in [6, 6.07) is 4.10. The monoisotopic (exact) mass is 376 g/mol. The van der Waals surface area contributed by atoms with Gasteiger partial charge in [0.25, 0.3) is 0 Å². The van der Waals surface area contributed by atoms with Gasteiger partial charge in [-0.25, -0.2) is 0 Å². The number of azide groups is 1. The Kier molecular flexibility index (Phi) is 5.20. The fourth-order valence-corrected chi connectivity index (χ4v) is 2.56. The normalized spacial score (nSPS) is 11.6. The van der Waals surface area contributed by atoms with Crippen LogP contribution in [0.15, 0.2) is 46.6 Å². The largest absolute Gasteiger partial charge is 0.461 e. The summed E-state index contributed by atoms with van der Waals surface area (Å²) in [6.07, 6.45) is 2.91. The molecule has 1 heterocycles. The first kappa shape index (κ1) is 16.8. The van der Waals surface area contributed by atoms with Gasteiger partial charge < -0.3 is 4.74 Å². The molecule has 7 nitrogen and oxygen atoms in total. The van der Waals surface area contributed by atoms with Gasteiger partial charge in [0.2, 0.25) is 5.91 Å². The number of ether oxygens (including phenoxy) is 1. The van der Waals surface area contributed by atoms with Gasteiger partial charge in [-0.05, 0) is 23.2 Å². The second-order valence-electron chi connectivity index (χ2n) is 4.66. The average Bonchev–Trinajstić information content (AvgIpc) is 2.88. The molecule has 23 heavy (non-hydrogen) atoms. The molecule has 0 aliphatic carbocycles. The first-order valence-corrected chi connectivity index (χ1v) is 7.42. The lowest BCUT2D eigenvalue weighted by atomic mass is 10.1. The van der Waals surface area contributed by atoms with Crippen molar-refractivity contribution in [1.29, 1.82) is 0 Å². The summed E-state index contributed by atoms with van der Waals surface area (Å²) < 4.78 is 7.16. The molecule has 0 spiro atoms. The fraction of sp³-hybridized carbons (Fsp3) is 0.200. The maximum Gasteiger partial charge on any atom is 0.319 e. The van der Waals surface area contributed by atoms with Crippen LogP contribution in [-0.2, 0) is 9.53 Å². The van der Waals surface area contributed by atoms with Gasteiger partial charge in [-0.15, -0.1) is 0 Å². The van der Waals surface area contributed by atoms with Crippen molar-refractivity contribution in [3.63, 3.8) is 0 Å². The van der Waals surface area contributed by atoms with Crippen LogP contribution < -0.4 is 0 Å². The molecule has 0 saturated carbocycles. The molecule has 1 unspecified atom stereocenters. The van der Waals surface area contributed by atoms with Crippen LogP contribution in [0, 0.1) is 0 Å². The number of nitrogens with zero attached hydrogens (tertiary/aromatic N) is 4. The highest BCUT2D eigenvalue weighted by Gasteiger charge is 2.25. The number of fused-ring (bicyclic) bond motifs is 1. The first-order valence-electron chi connectivity index (χ1n) is 6.62. The van der Waals surface area contributed by atoms with Gasteiger partial charge in [-0.1, -0.05) is 39.8 Å². The van der Waals surface area contributed by atoms with Crippen molar-refractivity contribution in [3.05, 3.63) is 57.5 Å². The van der Waals surface area contributed by atoms with Crippen LogP contribution >= 0.6 is 15.9 Å². The Bertz CT molecular complexity index is 837.